The lowest BCUT2D eigenvalue weighted by atomic mass is 9.72. The van der Waals surface area contributed by atoms with Crippen LogP contribution in [0.2, 0.25) is 0 Å². The van der Waals surface area contributed by atoms with Gasteiger partial charge in [0.2, 0.25) is 11.4 Å². The summed E-state index contributed by atoms with van der Waals surface area (Å²) < 4.78 is 15.3. The zero-order valence-corrected chi connectivity index (χ0v) is 16.5. The Morgan fingerprint density at radius 3 is 2.43 bits per heavy atom. The minimum Gasteiger partial charge on any atom is -0.463 e. The molecule has 0 aromatic carbocycles. The second-order valence-corrected chi connectivity index (χ2v) is 7.40. The monoisotopic (exact) mass is 399 g/mol. The van der Waals surface area contributed by atoms with E-state index in [0.717, 1.165) is 18.7 Å². The lowest BCUT2D eigenvalue weighted by Gasteiger charge is -2.38. The quantitative estimate of drug-likeness (QED) is 0.332. The van der Waals surface area contributed by atoms with Crippen LogP contribution in [0.3, 0.4) is 0 Å². The standard InChI is InChI=1S/C18H25NO9/c1-9(13(7-20)27-12(4)22)6-14-18(25)10(2)15(23)19(5)17(18,16(24)28-14)8-26-11(3)21/h7,9-10,13-14,25H,6,8H2,1-5H3/t9-,10+,13+,14+,17-,18-/m1/s1. The average molecular weight is 399 g/mol. The molecule has 2 aliphatic rings. The Labute approximate surface area is 162 Å². The first-order valence-corrected chi connectivity index (χ1v) is 8.90. The number of fused-ring (bicyclic) bond motifs is 1. The smallest absolute Gasteiger partial charge is 0.339 e. The highest BCUT2D eigenvalue weighted by Crippen LogP contribution is 2.52. The van der Waals surface area contributed by atoms with Gasteiger partial charge in [0.1, 0.15) is 12.7 Å². The molecule has 0 bridgehead atoms. The number of carbonyl (C=O) groups excluding carboxylic acids is 5. The zero-order chi connectivity index (χ0) is 21.4. The molecule has 0 aliphatic carbocycles. The Balaban J connectivity index is 2.39. The number of aliphatic hydroxyl groups is 1. The molecule has 0 aromatic rings. The van der Waals surface area contributed by atoms with Crippen molar-refractivity contribution in [2.75, 3.05) is 13.7 Å². The molecule has 10 heteroatoms. The molecule has 1 N–H and O–H groups in total. The molecule has 0 unspecified atom stereocenters. The fourth-order valence-electron chi connectivity index (χ4n) is 4.10. The first kappa shape index (κ1) is 21.8. The van der Waals surface area contributed by atoms with Gasteiger partial charge in [-0.15, -0.1) is 0 Å². The molecule has 156 valence electrons. The molecule has 2 aliphatic heterocycles. The zero-order valence-electron chi connectivity index (χ0n) is 16.5. The van der Waals surface area contributed by atoms with Crippen molar-refractivity contribution in [1.29, 1.82) is 0 Å². The lowest BCUT2D eigenvalue weighted by molar-refractivity contribution is -0.161. The molecule has 10 nitrogen and oxygen atoms in total. The van der Waals surface area contributed by atoms with Crippen molar-refractivity contribution >= 4 is 30.1 Å². The van der Waals surface area contributed by atoms with Crippen molar-refractivity contribution in [3.05, 3.63) is 0 Å². The highest BCUT2D eigenvalue weighted by Gasteiger charge is 2.78. The van der Waals surface area contributed by atoms with Crippen LogP contribution in [0.1, 0.15) is 34.1 Å². The van der Waals surface area contributed by atoms with E-state index < -0.39 is 65.6 Å². The van der Waals surface area contributed by atoms with Gasteiger partial charge in [-0.05, 0) is 6.42 Å². The molecule has 0 saturated carbocycles. The number of likely N-dealkylation sites (tertiary alicyclic amines) is 1. The van der Waals surface area contributed by atoms with E-state index in [9.17, 15) is 29.1 Å². The van der Waals surface area contributed by atoms with Crippen molar-refractivity contribution < 1.29 is 43.3 Å². The number of esters is 3. The summed E-state index contributed by atoms with van der Waals surface area (Å²) in [6.45, 7) is 4.79. The first-order valence-electron chi connectivity index (χ1n) is 8.90. The number of ether oxygens (including phenoxy) is 3. The van der Waals surface area contributed by atoms with Crippen LogP contribution in [0.15, 0.2) is 0 Å². The second-order valence-electron chi connectivity index (χ2n) is 7.40. The Morgan fingerprint density at radius 1 is 1.32 bits per heavy atom. The van der Waals surface area contributed by atoms with Gasteiger partial charge in [-0.3, -0.25) is 19.2 Å². The predicted molar refractivity (Wildman–Crippen MR) is 91.5 cm³/mol. The van der Waals surface area contributed by atoms with E-state index in [-0.39, 0.29) is 6.42 Å². The number of aldehydes is 1. The Morgan fingerprint density at radius 2 is 1.93 bits per heavy atom. The molecule has 2 rings (SSSR count). The summed E-state index contributed by atoms with van der Waals surface area (Å²) >= 11 is 0. The van der Waals surface area contributed by atoms with Crippen LogP contribution in [-0.4, -0.2) is 77.1 Å². The number of nitrogens with zero attached hydrogens (tertiary/aromatic N) is 1. The van der Waals surface area contributed by atoms with E-state index in [1.165, 1.54) is 14.0 Å². The highest BCUT2D eigenvalue weighted by atomic mass is 16.6. The summed E-state index contributed by atoms with van der Waals surface area (Å²) in [5.41, 5.74) is -3.89. The van der Waals surface area contributed by atoms with Crippen molar-refractivity contribution in [3.63, 3.8) is 0 Å². The van der Waals surface area contributed by atoms with E-state index in [4.69, 9.17) is 14.2 Å². The fourth-order valence-corrected chi connectivity index (χ4v) is 4.10. The third-order valence-electron chi connectivity index (χ3n) is 5.74. The Bertz CT molecular complexity index is 707. The van der Waals surface area contributed by atoms with E-state index in [0.29, 0.717) is 6.29 Å². The number of hydrogen-bond donors (Lipinski definition) is 1. The normalized spacial score (nSPS) is 33.7. The number of rotatable bonds is 7. The maximum Gasteiger partial charge on any atom is 0.339 e. The first-order chi connectivity index (χ1) is 12.9. The number of carbonyl (C=O) groups is 5. The minimum absolute atomic E-state index is 0.0494. The average Bonchev–Trinajstić information content (AvgIpc) is 2.91. The molecule has 2 saturated heterocycles. The molecule has 28 heavy (non-hydrogen) atoms. The molecule has 2 fully saturated rings. The van der Waals surface area contributed by atoms with Gasteiger partial charge in [0.05, 0.1) is 5.92 Å². The predicted octanol–water partition coefficient (Wildman–Crippen LogP) is -0.790. The largest absolute Gasteiger partial charge is 0.463 e. The van der Waals surface area contributed by atoms with Gasteiger partial charge >= 0.3 is 17.9 Å². The van der Waals surface area contributed by atoms with E-state index in [1.54, 1.807) is 6.92 Å². The summed E-state index contributed by atoms with van der Waals surface area (Å²) in [4.78, 5) is 60.2. The van der Waals surface area contributed by atoms with Crippen molar-refractivity contribution in [3.8, 4) is 0 Å². The van der Waals surface area contributed by atoms with Crippen LogP contribution in [0, 0.1) is 11.8 Å². The van der Waals surface area contributed by atoms with E-state index >= 15 is 0 Å². The molecule has 6 atom stereocenters. The van der Waals surface area contributed by atoms with Crippen molar-refractivity contribution in [2.24, 2.45) is 11.8 Å². The third-order valence-corrected chi connectivity index (χ3v) is 5.74. The number of hydrogen-bond acceptors (Lipinski definition) is 9. The van der Waals surface area contributed by atoms with Gasteiger partial charge < -0.3 is 24.2 Å². The van der Waals surface area contributed by atoms with Crippen LogP contribution in [0.4, 0.5) is 0 Å². The highest BCUT2D eigenvalue weighted by molar-refractivity contribution is 5.98. The summed E-state index contributed by atoms with van der Waals surface area (Å²) in [6.07, 6.45) is -1.87. The van der Waals surface area contributed by atoms with Crippen molar-refractivity contribution in [2.45, 2.75) is 57.5 Å². The second kappa shape index (κ2) is 7.50. The van der Waals surface area contributed by atoms with Crippen LogP contribution < -0.4 is 0 Å². The molecule has 2 heterocycles. The summed E-state index contributed by atoms with van der Waals surface area (Å²) in [5, 5.41) is 11.5. The fraction of sp³-hybridized carbons (Fsp3) is 0.722. The molecular formula is C18H25NO9. The van der Waals surface area contributed by atoms with Gasteiger partial charge in [-0.2, -0.15) is 0 Å². The third kappa shape index (κ3) is 3.05. The maximum absolute atomic E-state index is 12.8. The molecule has 0 radical (unpaired) electrons. The van der Waals surface area contributed by atoms with E-state index in [1.807, 2.05) is 0 Å². The SMILES string of the molecule is CC(=O)OC[C@@]12C(=O)O[C@@H](C[C@@H](C)[C@H](C=O)OC(C)=O)[C@]1(O)[C@@H](C)C(=O)N2C. The molecule has 1 amide bonds. The Hall–Kier alpha value is -2.49. The van der Waals surface area contributed by atoms with Crippen LogP contribution >= 0.6 is 0 Å². The van der Waals surface area contributed by atoms with Gasteiger partial charge in [0.15, 0.2) is 18.0 Å². The molecule has 0 aromatic heterocycles. The topological polar surface area (TPSA) is 137 Å². The van der Waals surface area contributed by atoms with Crippen LogP contribution in [0.25, 0.3) is 0 Å². The summed E-state index contributed by atoms with van der Waals surface area (Å²) in [7, 11) is 1.33. The Kier molecular flexibility index (Phi) is 5.84. The van der Waals surface area contributed by atoms with Gasteiger partial charge in [-0.1, -0.05) is 13.8 Å². The van der Waals surface area contributed by atoms with Crippen LogP contribution in [0.5, 0.6) is 0 Å². The number of amides is 1. The van der Waals surface area contributed by atoms with E-state index in [2.05, 4.69) is 0 Å². The number of likely N-dealkylation sites (N-methyl/N-ethyl adjacent to an activating group) is 1. The van der Waals surface area contributed by atoms with Crippen molar-refractivity contribution in [1.82, 2.24) is 4.90 Å². The van der Waals surface area contributed by atoms with Gasteiger partial charge in [0, 0.05) is 26.8 Å². The molecular weight excluding hydrogens is 374 g/mol. The summed E-state index contributed by atoms with van der Waals surface area (Å²) in [6, 6.07) is 0. The van der Waals surface area contributed by atoms with Gasteiger partial charge in [0.25, 0.3) is 0 Å². The lowest BCUT2D eigenvalue weighted by Crippen LogP contribution is -2.64. The number of cyclic esters (lactones) is 1. The van der Waals surface area contributed by atoms with Gasteiger partial charge in [-0.25, -0.2) is 4.79 Å². The molecule has 0 spiro atoms. The van der Waals surface area contributed by atoms with Crippen LogP contribution in [-0.2, 0) is 38.2 Å². The minimum atomic E-state index is -2.00. The maximum atomic E-state index is 12.8. The summed E-state index contributed by atoms with van der Waals surface area (Å²) in [5.74, 6) is -4.38.